The van der Waals surface area contributed by atoms with E-state index in [9.17, 15) is 14.7 Å². The van der Waals surface area contributed by atoms with Crippen LogP contribution in [-0.2, 0) is 42.7 Å². The fourth-order valence-corrected chi connectivity index (χ4v) is 10.1. The maximum Gasteiger partial charge on any atom is 0.306 e. The standard InChI is InChI=1S/C40H63NO10/c1-9-25-11-10-12-33(51-35-14-13-24(20-47-35)41(5)6)22(3)36(43)32-18-30-28(31(32)19-34(42)49-25)15-21(2)27-16-26(17-29(27)30)50-40-37(44)39(46-8)38(45-7)23(4)48-40/h15,18,22-31,33,35,37-40,44H,9-14,16-17,19-20H2,1-8H3/t22-,23+,24+,25+,26+,27-,28-,29+,30-,31+,33+,35-,37-,38+,39+,40+/m1/s1. The molecule has 0 aromatic carbocycles. The summed E-state index contributed by atoms with van der Waals surface area (Å²) in [5.74, 6) is -0.163. The van der Waals surface area contributed by atoms with Gasteiger partial charge in [-0.1, -0.05) is 31.6 Å². The predicted molar refractivity (Wildman–Crippen MR) is 189 cm³/mol. The van der Waals surface area contributed by atoms with Crippen LogP contribution in [0.3, 0.4) is 0 Å². The zero-order valence-electron chi connectivity index (χ0n) is 32.0. The van der Waals surface area contributed by atoms with Crippen LogP contribution in [0.2, 0.25) is 0 Å². The van der Waals surface area contributed by atoms with Crippen molar-refractivity contribution in [2.75, 3.05) is 34.9 Å². The van der Waals surface area contributed by atoms with E-state index < -0.39 is 24.6 Å². The Hall–Kier alpha value is -1.70. The third-order valence-corrected chi connectivity index (χ3v) is 13.1. The largest absolute Gasteiger partial charge is 0.462 e. The van der Waals surface area contributed by atoms with Crippen molar-refractivity contribution >= 4 is 11.8 Å². The molecule has 4 fully saturated rings. The van der Waals surface area contributed by atoms with Crippen LogP contribution < -0.4 is 0 Å². The summed E-state index contributed by atoms with van der Waals surface area (Å²) in [5, 5.41) is 11.1. The lowest BCUT2D eigenvalue weighted by molar-refractivity contribution is -0.310. The molecule has 0 spiro atoms. The first kappa shape index (κ1) is 39.0. The molecule has 16 atom stereocenters. The number of cyclic esters (lactones) is 1. The summed E-state index contributed by atoms with van der Waals surface area (Å²) >= 11 is 0. The maximum atomic E-state index is 14.6. The molecular weight excluding hydrogens is 654 g/mol. The molecule has 3 saturated heterocycles. The molecule has 0 aromatic heterocycles. The number of Topliss-reactive ketones (excluding diaryl/α,β-unsaturated/α-hetero) is 1. The van der Waals surface area contributed by atoms with Crippen molar-refractivity contribution in [2.45, 2.75) is 147 Å². The highest BCUT2D eigenvalue weighted by Gasteiger charge is 2.53. The molecule has 11 heteroatoms. The Morgan fingerprint density at radius 1 is 0.941 bits per heavy atom. The van der Waals surface area contributed by atoms with E-state index in [1.54, 1.807) is 14.2 Å². The van der Waals surface area contributed by atoms with Gasteiger partial charge in [0.05, 0.1) is 31.3 Å². The Morgan fingerprint density at radius 2 is 1.71 bits per heavy atom. The summed E-state index contributed by atoms with van der Waals surface area (Å²) in [4.78, 5) is 30.3. The van der Waals surface area contributed by atoms with Crippen LogP contribution in [0.15, 0.2) is 23.3 Å². The molecule has 0 amide bonds. The Balaban J connectivity index is 1.22. The van der Waals surface area contributed by atoms with Crippen LogP contribution in [0.4, 0.5) is 0 Å². The number of aliphatic hydroxyl groups excluding tert-OH is 1. The number of hydrogen-bond acceptors (Lipinski definition) is 11. The topological polar surface area (TPSA) is 122 Å². The Kier molecular flexibility index (Phi) is 12.8. The highest BCUT2D eigenvalue weighted by Crippen LogP contribution is 2.56. The van der Waals surface area contributed by atoms with Crippen molar-refractivity contribution in [1.29, 1.82) is 0 Å². The third kappa shape index (κ3) is 8.21. The van der Waals surface area contributed by atoms with Gasteiger partial charge in [0.25, 0.3) is 0 Å². The Morgan fingerprint density at radius 3 is 2.37 bits per heavy atom. The first-order chi connectivity index (χ1) is 24.4. The fraction of sp³-hybridized carbons (Fsp3) is 0.850. The first-order valence-corrected chi connectivity index (χ1v) is 19.6. The molecule has 3 aliphatic carbocycles. The van der Waals surface area contributed by atoms with Gasteiger partial charge in [-0.05, 0) is 109 Å². The monoisotopic (exact) mass is 717 g/mol. The summed E-state index contributed by atoms with van der Waals surface area (Å²) < 4.78 is 42.7. The van der Waals surface area contributed by atoms with Gasteiger partial charge in [-0.2, -0.15) is 0 Å². The van der Waals surface area contributed by atoms with E-state index in [1.807, 2.05) is 13.8 Å². The second-order valence-corrected chi connectivity index (χ2v) is 16.3. The minimum absolute atomic E-state index is 0.0209. The zero-order chi connectivity index (χ0) is 36.6. The van der Waals surface area contributed by atoms with Crippen LogP contribution in [0.1, 0.15) is 85.5 Å². The number of allylic oxidation sites excluding steroid dienone is 4. The average Bonchev–Trinajstić information content (AvgIpc) is 3.69. The van der Waals surface area contributed by atoms with Crippen LogP contribution in [0, 0.1) is 35.5 Å². The fourth-order valence-electron chi connectivity index (χ4n) is 10.1. The van der Waals surface area contributed by atoms with Gasteiger partial charge in [-0.15, -0.1) is 0 Å². The molecule has 11 nitrogen and oxygen atoms in total. The van der Waals surface area contributed by atoms with Crippen molar-refractivity contribution in [3.05, 3.63) is 23.3 Å². The van der Waals surface area contributed by atoms with E-state index in [0.717, 1.165) is 50.5 Å². The number of ketones is 1. The van der Waals surface area contributed by atoms with E-state index in [4.69, 9.17) is 33.2 Å². The Labute approximate surface area is 304 Å². The van der Waals surface area contributed by atoms with Crippen LogP contribution in [-0.4, -0.2) is 118 Å². The van der Waals surface area contributed by atoms with Crippen molar-refractivity contribution in [3.63, 3.8) is 0 Å². The van der Waals surface area contributed by atoms with Crippen molar-refractivity contribution in [1.82, 2.24) is 4.90 Å². The maximum absolute atomic E-state index is 14.6. The van der Waals surface area contributed by atoms with Gasteiger partial charge < -0.3 is 43.2 Å². The molecule has 0 bridgehead atoms. The molecule has 288 valence electrons. The van der Waals surface area contributed by atoms with Gasteiger partial charge in [-0.25, -0.2) is 0 Å². The molecule has 3 heterocycles. The van der Waals surface area contributed by atoms with Gasteiger partial charge >= 0.3 is 5.97 Å². The highest BCUT2D eigenvalue weighted by atomic mass is 16.7. The van der Waals surface area contributed by atoms with E-state index in [0.29, 0.717) is 19.1 Å². The molecule has 1 N–H and O–H groups in total. The first-order valence-electron chi connectivity index (χ1n) is 19.6. The van der Waals surface area contributed by atoms with Crippen molar-refractivity contribution in [2.24, 2.45) is 35.5 Å². The molecule has 0 radical (unpaired) electrons. The highest BCUT2D eigenvalue weighted by molar-refractivity contribution is 5.99. The van der Waals surface area contributed by atoms with Crippen LogP contribution in [0.25, 0.3) is 0 Å². The number of rotatable bonds is 8. The third-order valence-electron chi connectivity index (χ3n) is 13.1. The van der Waals surface area contributed by atoms with Gasteiger partial charge in [-0.3, -0.25) is 9.59 Å². The number of esters is 1. The summed E-state index contributed by atoms with van der Waals surface area (Å²) in [6.45, 7) is 8.76. The number of methoxy groups -OCH3 is 2. The number of fused-ring (bicyclic) bond motifs is 5. The molecule has 1 saturated carbocycles. The van der Waals surface area contributed by atoms with E-state index >= 15 is 0 Å². The van der Waals surface area contributed by atoms with Gasteiger partial charge in [0.2, 0.25) is 0 Å². The number of carbonyl (C=O) groups is 2. The van der Waals surface area contributed by atoms with Crippen molar-refractivity contribution in [3.8, 4) is 0 Å². The number of ether oxygens (including phenoxy) is 7. The number of carbonyl (C=O) groups excluding carboxylic acids is 2. The second kappa shape index (κ2) is 16.8. The molecule has 51 heavy (non-hydrogen) atoms. The number of hydrogen-bond donors (Lipinski definition) is 1. The number of aliphatic hydroxyl groups is 1. The summed E-state index contributed by atoms with van der Waals surface area (Å²) in [7, 11) is 7.31. The predicted octanol–water partition coefficient (Wildman–Crippen LogP) is 4.83. The second-order valence-electron chi connectivity index (χ2n) is 16.3. The summed E-state index contributed by atoms with van der Waals surface area (Å²) in [5.41, 5.74) is 2.02. The average molecular weight is 718 g/mol. The normalized spacial score (nSPS) is 45.1. The lowest BCUT2D eigenvalue weighted by atomic mass is 9.67. The summed E-state index contributed by atoms with van der Waals surface area (Å²) in [6.07, 6.45) is 7.03. The SMILES string of the molecule is CC[C@H]1CCC[C@H](O[C@@H]2CC[C@H](N(C)C)CO2)[C@@H](C)C(=O)C2=C[C@@H]3[C@@H](C=C(C)[C@H]4C[C@H](O[C@@H]5O[C@@H](C)[C@H](OC)[C@@H](OC)[C@H]5O)C[C@H]34)[C@@H]2CC(=O)O1. The van der Waals surface area contributed by atoms with E-state index in [2.05, 4.69) is 45.0 Å². The molecule has 3 aliphatic heterocycles. The smallest absolute Gasteiger partial charge is 0.306 e. The lowest BCUT2D eigenvalue weighted by Gasteiger charge is -2.42. The number of likely N-dealkylation sites (N-methyl/N-ethyl adjacent to an activating group) is 1. The zero-order valence-corrected chi connectivity index (χ0v) is 32.0. The minimum atomic E-state index is -0.992. The Bertz CT molecular complexity index is 1280. The van der Waals surface area contributed by atoms with Crippen LogP contribution in [0.5, 0.6) is 0 Å². The quantitative estimate of drug-likeness (QED) is 0.275. The summed E-state index contributed by atoms with van der Waals surface area (Å²) in [6, 6.07) is 0.364. The molecule has 0 aromatic rings. The van der Waals surface area contributed by atoms with E-state index in [-0.39, 0.29) is 84.4 Å². The molecule has 6 rings (SSSR count). The van der Waals surface area contributed by atoms with Gasteiger partial charge in [0.1, 0.15) is 24.4 Å². The minimum Gasteiger partial charge on any atom is -0.462 e. The number of nitrogens with zero attached hydrogens (tertiary/aromatic N) is 1. The van der Waals surface area contributed by atoms with Gasteiger partial charge in [0.15, 0.2) is 18.4 Å². The van der Waals surface area contributed by atoms with E-state index in [1.165, 1.54) is 5.57 Å². The van der Waals surface area contributed by atoms with Crippen molar-refractivity contribution < 1.29 is 47.9 Å². The van der Waals surface area contributed by atoms with Crippen LogP contribution >= 0.6 is 0 Å². The lowest BCUT2D eigenvalue weighted by Crippen LogP contribution is -2.59. The van der Waals surface area contributed by atoms with Gasteiger partial charge in [0, 0.05) is 32.1 Å². The molecular formula is C40H63NO10. The molecule has 6 aliphatic rings. The molecule has 0 unspecified atom stereocenters.